The zero-order chi connectivity index (χ0) is 12.5. The van der Waals surface area contributed by atoms with Gasteiger partial charge in [0.1, 0.15) is 18.0 Å². The van der Waals surface area contributed by atoms with Crippen molar-refractivity contribution in [2.24, 2.45) is 7.05 Å². The molecule has 1 aliphatic carbocycles. The third-order valence-electron chi connectivity index (χ3n) is 3.38. The van der Waals surface area contributed by atoms with Crippen LogP contribution in [0.15, 0.2) is 24.5 Å². The Hall–Kier alpha value is -1.36. The smallest absolute Gasteiger partial charge is 0.138 e. The second-order valence-electron chi connectivity index (χ2n) is 4.45. The Labute approximate surface area is 109 Å². The Bertz CT molecular complexity index is 567. The van der Waals surface area contributed by atoms with E-state index in [2.05, 4.69) is 10.1 Å². The van der Waals surface area contributed by atoms with E-state index in [0.29, 0.717) is 5.25 Å². The summed E-state index contributed by atoms with van der Waals surface area (Å²) in [5.41, 5.74) is 2.05. The fraction of sp³-hybridized carbons (Fsp3) is 0.385. The molecule has 5 heteroatoms. The van der Waals surface area contributed by atoms with Gasteiger partial charge in [0.05, 0.1) is 5.75 Å². The minimum Gasteiger partial charge on any atom is -0.252 e. The highest BCUT2D eigenvalue weighted by Gasteiger charge is 2.25. The fourth-order valence-electron chi connectivity index (χ4n) is 2.37. The first-order valence-electron chi connectivity index (χ1n) is 5.97. The number of hydrogen-bond acceptors (Lipinski definition) is 3. The van der Waals surface area contributed by atoms with Gasteiger partial charge < -0.3 is 0 Å². The largest absolute Gasteiger partial charge is 0.252 e. The van der Waals surface area contributed by atoms with Crippen LogP contribution in [0, 0.1) is 5.82 Å². The summed E-state index contributed by atoms with van der Waals surface area (Å²) in [6.07, 6.45) is 3.43. The van der Waals surface area contributed by atoms with E-state index >= 15 is 0 Å². The van der Waals surface area contributed by atoms with Gasteiger partial charge in [-0.2, -0.15) is 5.10 Å². The van der Waals surface area contributed by atoms with Crippen LogP contribution in [-0.4, -0.2) is 14.8 Å². The number of halogens is 1. The van der Waals surface area contributed by atoms with Crippen LogP contribution in [0.5, 0.6) is 0 Å². The number of nitrogens with zero attached hydrogens (tertiary/aromatic N) is 3. The van der Waals surface area contributed by atoms with Crippen molar-refractivity contribution in [2.45, 2.75) is 23.8 Å². The van der Waals surface area contributed by atoms with E-state index in [1.165, 1.54) is 0 Å². The first kappa shape index (κ1) is 11.7. The molecule has 0 N–H and O–H groups in total. The van der Waals surface area contributed by atoms with E-state index in [1.54, 1.807) is 23.1 Å². The van der Waals surface area contributed by atoms with Crippen LogP contribution < -0.4 is 0 Å². The first-order valence-corrected chi connectivity index (χ1v) is 7.02. The monoisotopic (exact) mass is 263 g/mol. The third kappa shape index (κ3) is 2.03. The fourth-order valence-corrected chi connectivity index (χ4v) is 3.67. The van der Waals surface area contributed by atoms with E-state index in [-0.39, 0.29) is 5.82 Å². The molecule has 1 aliphatic rings. The van der Waals surface area contributed by atoms with Gasteiger partial charge in [0.25, 0.3) is 0 Å². The highest BCUT2D eigenvalue weighted by Crippen LogP contribution is 2.42. The highest BCUT2D eigenvalue weighted by molar-refractivity contribution is 7.98. The topological polar surface area (TPSA) is 30.7 Å². The molecule has 0 radical (unpaired) electrons. The summed E-state index contributed by atoms with van der Waals surface area (Å²) in [4.78, 5) is 4.21. The van der Waals surface area contributed by atoms with E-state index in [9.17, 15) is 4.39 Å². The van der Waals surface area contributed by atoms with Crippen LogP contribution in [-0.2, 0) is 19.2 Å². The van der Waals surface area contributed by atoms with E-state index in [0.717, 1.165) is 35.5 Å². The predicted molar refractivity (Wildman–Crippen MR) is 69.8 cm³/mol. The van der Waals surface area contributed by atoms with Crippen molar-refractivity contribution in [1.29, 1.82) is 0 Å². The van der Waals surface area contributed by atoms with Gasteiger partial charge in [-0.1, -0.05) is 12.1 Å². The maximum atomic E-state index is 13.6. The molecule has 1 aromatic heterocycles. The number of rotatable bonds is 3. The summed E-state index contributed by atoms with van der Waals surface area (Å²) in [7, 11) is 1.89. The molecule has 18 heavy (non-hydrogen) atoms. The van der Waals surface area contributed by atoms with Crippen molar-refractivity contribution in [3.05, 3.63) is 47.3 Å². The molecular formula is C13H14FN3S. The number of benzene rings is 1. The molecule has 1 aromatic carbocycles. The molecule has 1 atom stereocenters. The minimum absolute atomic E-state index is 0.0609. The molecule has 0 saturated heterocycles. The van der Waals surface area contributed by atoms with Gasteiger partial charge in [0, 0.05) is 12.3 Å². The Balaban J connectivity index is 1.74. The van der Waals surface area contributed by atoms with Crippen LogP contribution in [0.25, 0.3) is 0 Å². The second-order valence-corrected chi connectivity index (χ2v) is 5.64. The van der Waals surface area contributed by atoms with Gasteiger partial charge in [0.15, 0.2) is 0 Å². The predicted octanol–water partition coefficient (Wildman–Crippen LogP) is 2.87. The molecule has 0 spiro atoms. The summed E-state index contributed by atoms with van der Waals surface area (Å²) >= 11 is 1.82. The van der Waals surface area contributed by atoms with E-state index in [4.69, 9.17) is 0 Å². The molecule has 0 amide bonds. The average molecular weight is 263 g/mol. The average Bonchev–Trinajstić information content (AvgIpc) is 2.94. The lowest BCUT2D eigenvalue weighted by Crippen LogP contribution is -1.99. The molecule has 0 unspecified atom stereocenters. The number of aromatic nitrogens is 3. The molecule has 3 nitrogen and oxygen atoms in total. The van der Waals surface area contributed by atoms with Crippen molar-refractivity contribution in [2.75, 3.05) is 0 Å². The van der Waals surface area contributed by atoms with Crippen molar-refractivity contribution in [1.82, 2.24) is 14.8 Å². The summed E-state index contributed by atoms with van der Waals surface area (Å²) in [6, 6.07) is 5.39. The maximum Gasteiger partial charge on any atom is 0.138 e. The summed E-state index contributed by atoms with van der Waals surface area (Å²) in [6.45, 7) is 0. The quantitative estimate of drug-likeness (QED) is 0.853. The number of hydrogen-bond donors (Lipinski definition) is 0. The van der Waals surface area contributed by atoms with Gasteiger partial charge in [-0.3, -0.25) is 4.68 Å². The van der Waals surface area contributed by atoms with Gasteiger partial charge in [0.2, 0.25) is 0 Å². The van der Waals surface area contributed by atoms with Crippen molar-refractivity contribution in [3.63, 3.8) is 0 Å². The molecule has 0 aliphatic heterocycles. The zero-order valence-electron chi connectivity index (χ0n) is 10.1. The first-order chi connectivity index (χ1) is 8.75. The lowest BCUT2D eigenvalue weighted by Gasteiger charge is -2.10. The van der Waals surface area contributed by atoms with Gasteiger partial charge >= 0.3 is 0 Å². The Kier molecular flexibility index (Phi) is 3.07. The van der Waals surface area contributed by atoms with Crippen LogP contribution in [0.2, 0.25) is 0 Å². The molecule has 2 aromatic rings. The number of thioether (sulfide) groups is 1. The lowest BCUT2D eigenvalue weighted by atomic mass is 10.1. The normalized spacial score (nSPS) is 18.0. The van der Waals surface area contributed by atoms with Gasteiger partial charge in [-0.15, -0.1) is 11.8 Å². The van der Waals surface area contributed by atoms with Crippen LogP contribution in [0.4, 0.5) is 4.39 Å². The van der Waals surface area contributed by atoms with Crippen LogP contribution >= 0.6 is 11.8 Å². The van der Waals surface area contributed by atoms with Crippen LogP contribution in [0.1, 0.15) is 28.6 Å². The Morgan fingerprint density at radius 2 is 2.39 bits per heavy atom. The third-order valence-corrected chi connectivity index (χ3v) is 4.69. The van der Waals surface area contributed by atoms with E-state index < -0.39 is 0 Å². The highest BCUT2D eigenvalue weighted by atomic mass is 32.2. The summed E-state index contributed by atoms with van der Waals surface area (Å²) < 4.78 is 15.4. The lowest BCUT2D eigenvalue weighted by molar-refractivity contribution is 0.613. The SMILES string of the molecule is Cn1ncnc1CS[C@@H]1CCc2c(F)cccc21. The molecule has 1 heterocycles. The Morgan fingerprint density at radius 3 is 3.17 bits per heavy atom. The molecule has 0 saturated carbocycles. The van der Waals surface area contributed by atoms with E-state index in [1.807, 2.05) is 24.9 Å². The molecule has 3 rings (SSSR count). The number of aryl methyl sites for hydroxylation is 1. The molecule has 0 fully saturated rings. The van der Waals surface area contributed by atoms with Gasteiger partial charge in [-0.25, -0.2) is 9.37 Å². The maximum absolute atomic E-state index is 13.6. The van der Waals surface area contributed by atoms with Gasteiger partial charge in [-0.05, 0) is 30.0 Å². The van der Waals surface area contributed by atoms with Crippen LogP contribution in [0.3, 0.4) is 0 Å². The number of fused-ring (bicyclic) bond motifs is 1. The summed E-state index contributed by atoms with van der Waals surface area (Å²) in [5, 5.41) is 4.43. The Morgan fingerprint density at radius 1 is 1.50 bits per heavy atom. The zero-order valence-corrected chi connectivity index (χ0v) is 11.0. The van der Waals surface area contributed by atoms with Crippen molar-refractivity contribution >= 4 is 11.8 Å². The second kappa shape index (κ2) is 4.72. The minimum atomic E-state index is -0.0609. The molecular weight excluding hydrogens is 249 g/mol. The molecule has 94 valence electrons. The standard InChI is InChI=1S/C13H14FN3S/c1-17-13(15-8-16-17)7-18-12-6-5-9-10(12)3-2-4-11(9)14/h2-4,8,12H,5-7H2,1H3/t12-/m1/s1. The summed E-state index contributed by atoms with van der Waals surface area (Å²) in [5.74, 6) is 1.72. The van der Waals surface area contributed by atoms with Crippen molar-refractivity contribution in [3.8, 4) is 0 Å². The van der Waals surface area contributed by atoms with Crippen molar-refractivity contribution < 1.29 is 4.39 Å². The molecule has 0 bridgehead atoms.